The van der Waals surface area contributed by atoms with Crippen LogP contribution in [0, 0.1) is 0 Å². The molecule has 2 N–H and O–H groups in total. The number of rotatable bonds is 6. The first-order valence-corrected chi connectivity index (χ1v) is 9.28. The van der Waals surface area contributed by atoms with Crippen molar-refractivity contribution in [2.75, 3.05) is 26.5 Å². The van der Waals surface area contributed by atoms with Gasteiger partial charge < -0.3 is 15.4 Å². The Hall–Kier alpha value is -2.10. The van der Waals surface area contributed by atoms with Gasteiger partial charge in [0, 0.05) is 24.7 Å². The molecule has 2 rings (SSSR count). The van der Waals surface area contributed by atoms with Crippen molar-refractivity contribution in [1.82, 2.24) is 9.62 Å². The summed E-state index contributed by atoms with van der Waals surface area (Å²) in [5.41, 5.74) is 0.635. The summed E-state index contributed by atoms with van der Waals surface area (Å²) in [6, 6.07) is 9.80. The van der Waals surface area contributed by atoms with Gasteiger partial charge in [0.15, 0.2) is 0 Å². The number of hydrogen-bond acceptors (Lipinski definition) is 5. The second-order valence-electron chi connectivity index (χ2n) is 5.04. The monoisotopic (exact) mass is 369 g/mol. The third-order valence-electron chi connectivity index (χ3n) is 3.14. The van der Waals surface area contributed by atoms with Gasteiger partial charge >= 0.3 is 6.03 Å². The minimum atomic E-state index is -3.44. The van der Waals surface area contributed by atoms with Gasteiger partial charge in [-0.15, -0.1) is 11.3 Å². The number of carbonyl (C=O) groups excluding carboxylic acids is 1. The fourth-order valence-electron chi connectivity index (χ4n) is 1.79. The van der Waals surface area contributed by atoms with Crippen LogP contribution in [0.5, 0.6) is 5.75 Å². The van der Waals surface area contributed by atoms with Gasteiger partial charge in [0.1, 0.15) is 9.96 Å². The van der Waals surface area contributed by atoms with Crippen LogP contribution in [0.4, 0.5) is 10.5 Å². The van der Waals surface area contributed by atoms with Gasteiger partial charge in [-0.05, 0) is 36.4 Å². The van der Waals surface area contributed by atoms with Crippen LogP contribution in [0.2, 0.25) is 0 Å². The number of ether oxygens (including phenoxy) is 1. The van der Waals surface area contributed by atoms with E-state index in [1.165, 1.54) is 14.1 Å². The first-order chi connectivity index (χ1) is 11.3. The van der Waals surface area contributed by atoms with E-state index in [0.717, 1.165) is 20.5 Å². The highest BCUT2D eigenvalue weighted by molar-refractivity contribution is 7.91. The van der Waals surface area contributed by atoms with Gasteiger partial charge in [-0.25, -0.2) is 17.5 Å². The van der Waals surface area contributed by atoms with Crippen molar-refractivity contribution in [3.8, 4) is 5.75 Å². The average Bonchev–Trinajstić information content (AvgIpc) is 3.03. The number of methoxy groups -OCH3 is 1. The molecule has 0 fully saturated rings. The van der Waals surface area contributed by atoms with Crippen LogP contribution in [0.3, 0.4) is 0 Å². The van der Waals surface area contributed by atoms with E-state index in [-0.39, 0.29) is 16.8 Å². The fraction of sp³-hybridized carbons (Fsp3) is 0.267. The van der Waals surface area contributed by atoms with Crippen molar-refractivity contribution in [3.05, 3.63) is 41.3 Å². The summed E-state index contributed by atoms with van der Waals surface area (Å²) in [4.78, 5) is 12.6. The standard InChI is InChI=1S/C15H19N3O4S2/c1-18(2)24(20,21)14-9-8-13(23-14)10-16-15(19)17-11-4-6-12(22-3)7-5-11/h4-9H,10H2,1-3H3,(H2,16,17,19). The normalized spacial score (nSPS) is 11.3. The molecular formula is C15H19N3O4S2. The summed E-state index contributed by atoms with van der Waals surface area (Å²) in [7, 11) is 1.10. The molecule has 9 heteroatoms. The van der Waals surface area contributed by atoms with E-state index >= 15 is 0 Å². The zero-order valence-corrected chi connectivity index (χ0v) is 15.2. The molecule has 0 radical (unpaired) electrons. The lowest BCUT2D eigenvalue weighted by Crippen LogP contribution is -2.27. The van der Waals surface area contributed by atoms with Gasteiger partial charge in [-0.2, -0.15) is 0 Å². The summed E-state index contributed by atoms with van der Waals surface area (Å²) in [6.45, 7) is 0.246. The number of hydrogen-bond donors (Lipinski definition) is 2. The summed E-state index contributed by atoms with van der Waals surface area (Å²) in [5, 5.41) is 5.38. The second-order valence-corrected chi connectivity index (χ2v) is 8.59. The Morgan fingerprint density at radius 3 is 2.42 bits per heavy atom. The van der Waals surface area contributed by atoms with Gasteiger partial charge in [-0.3, -0.25) is 0 Å². The molecule has 0 saturated heterocycles. The van der Waals surface area contributed by atoms with Crippen molar-refractivity contribution in [2.45, 2.75) is 10.8 Å². The van der Waals surface area contributed by atoms with Gasteiger partial charge in [0.25, 0.3) is 10.0 Å². The maximum Gasteiger partial charge on any atom is 0.319 e. The van der Waals surface area contributed by atoms with E-state index in [4.69, 9.17) is 4.74 Å². The van der Waals surface area contributed by atoms with E-state index in [0.29, 0.717) is 11.4 Å². The molecule has 2 aromatic rings. The van der Waals surface area contributed by atoms with Crippen LogP contribution in [-0.2, 0) is 16.6 Å². The molecule has 0 spiro atoms. The molecular weight excluding hydrogens is 350 g/mol. The van der Waals surface area contributed by atoms with Crippen molar-refractivity contribution in [1.29, 1.82) is 0 Å². The van der Waals surface area contributed by atoms with E-state index < -0.39 is 10.0 Å². The van der Waals surface area contributed by atoms with Crippen molar-refractivity contribution >= 4 is 33.1 Å². The second kappa shape index (κ2) is 7.65. The quantitative estimate of drug-likeness (QED) is 0.818. The summed E-state index contributed by atoms with van der Waals surface area (Å²) in [5.74, 6) is 0.703. The number of benzene rings is 1. The molecule has 1 heterocycles. The molecule has 1 aromatic heterocycles. The van der Waals surface area contributed by atoms with Crippen LogP contribution in [-0.4, -0.2) is 40.0 Å². The number of amides is 2. The summed E-state index contributed by atoms with van der Waals surface area (Å²) >= 11 is 1.13. The van der Waals surface area contributed by atoms with Crippen LogP contribution in [0.25, 0.3) is 0 Å². The minimum Gasteiger partial charge on any atom is -0.497 e. The highest BCUT2D eigenvalue weighted by Gasteiger charge is 2.19. The number of sulfonamides is 1. The molecule has 7 nitrogen and oxygen atoms in total. The maximum atomic E-state index is 12.0. The lowest BCUT2D eigenvalue weighted by molar-refractivity contribution is 0.252. The van der Waals surface area contributed by atoms with E-state index in [9.17, 15) is 13.2 Å². The lowest BCUT2D eigenvalue weighted by atomic mass is 10.3. The van der Waals surface area contributed by atoms with Crippen LogP contribution in [0.15, 0.2) is 40.6 Å². The highest BCUT2D eigenvalue weighted by Crippen LogP contribution is 2.23. The minimum absolute atomic E-state index is 0.246. The summed E-state index contributed by atoms with van der Waals surface area (Å²) < 4.78 is 30.5. The fourth-order valence-corrected chi connectivity index (χ4v) is 4.25. The van der Waals surface area contributed by atoms with Crippen molar-refractivity contribution < 1.29 is 17.9 Å². The number of thiophene rings is 1. The Balaban J connectivity index is 1.91. The summed E-state index contributed by atoms with van der Waals surface area (Å²) in [6.07, 6.45) is 0. The highest BCUT2D eigenvalue weighted by atomic mass is 32.2. The molecule has 24 heavy (non-hydrogen) atoms. The van der Waals surface area contributed by atoms with Gasteiger partial charge in [0.2, 0.25) is 0 Å². The lowest BCUT2D eigenvalue weighted by Gasteiger charge is -2.09. The number of urea groups is 1. The molecule has 2 amide bonds. The predicted molar refractivity (Wildman–Crippen MR) is 94.0 cm³/mol. The molecule has 0 aliphatic heterocycles. The number of carbonyl (C=O) groups is 1. The molecule has 130 valence electrons. The van der Waals surface area contributed by atoms with Crippen molar-refractivity contribution in [2.24, 2.45) is 0 Å². The SMILES string of the molecule is COc1ccc(NC(=O)NCc2ccc(S(=O)(=O)N(C)C)s2)cc1. The molecule has 1 aromatic carbocycles. The average molecular weight is 369 g/mol. The third-order valence-corrected chi connectivity index (χ3v) is 6.51. The molecule has 0 atom stereocenters. The smallest absolute Gasteiger partial charge is 0.319 e. The zero-order chi connectivity index (χ0) is 17.7. The third kappa shape index (κ3) is 4.47. The molecule has 0 saturated carbocycles. The number of anilines is 1. The van der Waals surface area contributed by atoms with E-state index in [1.807, 2.05) is 0 Å². The van der Waals surface area contributed by atoms with Gasteiger partial charge in [-0.1, -0.05) is 0 Å². The first kappa shape index (κ1) is 18.2. The molecule has 0 bridgehead atoms. The predicted octanol–water partition coefficient (Wildman–Crippen LogP) is 2.33. The number of nitrogens with one attached hydrogen (secondary N) is 2. The first-order valence-electron chi connectivity index (χ1n) is 7.03. The van der Waals surface area contributed by atoms with Crippen LogP contribution in [0.1, 0.15) is 4.88 Å². The molecule has 0 aliphatic carbocycles. The largest absolute Gasteiger partial charge is 0.497 e. The Morgan fingerprint density at radius 2 is 1.83 bits per heavy atom. The van der Waals surface area contributed by atoms with Crippen LogP contribution >= 0.6 is 11.3 Å². The molecule has 0 unspecified atom stereocenters. The van der Waals surface area contributed by atoms with Crippen molar-refractivity contribution in [3.63, 3.8) is 0 Å². The van der Waals surface area contributed by atoms with E-state index in [1.54, 1.807) is 43.5 Å². The van der Waals surface area contributed by atoms with Crippen LogP contribution < -0.4 is 15.4 Å². The maximum absolute atomic E-state index is 12.0. The Bertz CT molecular complexity index is 798. The Kier molecular flexibility index (Phi) is 5.81. The Morgan fingerprint density at radius 1 is 1.17 bits per heavy atom. The number of nitrogens with zero attached hydrogens (tertiary/aromatic N) is 1. The molecule has 0 aliphatic rings. The zero-order valence-electron chi connectivity index (χ0n) is 13.6. The van der Waals surface area contributed by atoms with Gasteiger partial charge in [0.05, 0.1) is 13.7 Å². The topological polar surface area (TPSA) is 87.7 Å². The Labute approximate surface area is 145 Å². The van der Waals surface area contributed by atoms with E-state index in [2.05, 4.69) is 10.6 Å².